The Balaban J connectivity index is 0.00000205. The third kappa shape index (κ3) is 3.47. The first-order valence-corrected chi connectivity index (χ1v) is 9.91. The second kappa shape index (κ2) is 7.69. The van der Waals surface area contributed by atoms with E-state index in [1.807, 2.05) is 43.3 Å². The first-order valence-electron chi connectivity index (χ1n) is 9.91. The third-order valence-corrected chi connectivity index (χ3v) is 6.12. The van der Waals surface area contributed by atoms with Crippen molar-refractivity contribution in [3.63, 3.8) is 0 Å². The van der Waals surface area contributed by atoms with Crippen molar-refractivity contribution in [3.05, 3.63) is 59.9 Å². The predicted octanol–water partition coefficient (Wildman–Crippen LogP) is 3.72. The molecule has 1 saturated heterocycles. The average Bonchev–Trinajstić information content (AvgIpc) is 3.43. The number of pyridine rings is 1. The summed E-state index contributed by atoms with van der Waals surface area (Å²) < 4.78 is 8.29. The summed E-state index contributed by atoms with van der Waals surface area (Å²) >= 11 is 0. The molecule has 4 heterocycles. The first kappa shape index (κ1) is 19.7. The molecule has 2 aromatic heterocycles. The molecule has 3 aromatic rings. The van der Waals surface area contributed by atoms with Crippen LogP contribution in [0.4, 0.5) is 5.82 Å². The summed E-state index contributed by atoms with van der Waals surface area (Å²) in [6.45, 7) is 5.12. The van der Waals surface area contributed by atoms with Gasteiger partial charge in [-0.1, -0.05) is 30.3 Å². The molecule has 2 aliphatic rings. The van der Waals surface area contributed by atoms with E-state index in [1.165, 1.54) is 18.5 Å². The molecule has 5 rings (SSSR count). The highest BCUT2D eigenvalue weighted by molar-refractivity contribution is 5.85. The van der Waals surface area contributed by atoms with Gasteiger partial charge < -0.3 is 15.8 Å². The normalized spacial score (nSPS) is 21.0. The lowest BCUT2D eigenvalue weighted by atomic mass is 9.82. The lowest BCUT2D eigenvalue weighted by Gasteiger charge is -2.20. The minimum Gasteiger partial charge on any atom is -0.482 e. The summed E-state index contributed by atoms with van der Waals surface area (Å²) in [6, 6.07) is 14.3. The zero-order valence-electron chi connectivity index (χ0n) is 16.5. The zero-order valence-corrected chi connectivity index (χ0v) is 17.3. The molecule has 1 unspecified atom stereocenters. The van der Waals surface area contributed by atoms with Crippen LogP contribution in [0.5, 0.6) is 5.75 Å². The maximum absolute atomic E-state index is 6.13. The van der Waals surface area contributed by atoms with Crippen molar-refractivity contribution < 1.29 is 4.74 Å². The van der Waals surface area contributed by atoms with Gasteiger partial charge in [0.05, 0.1) is 5.69 Å². The minimum atomic E-state index is -0.111. The molecule has 152 valence electrons. The number of fused-ring (bicyclic) bond motifs is 2. The highest BCUT2D eigenvalue weighted by atomic mass is 35.5. The molecule has 6 nitrogen and oxygen atoms in total. The Hall–Kier alpha value is -2.57. The first-order chi connectivity index (χ1) is 13.6. The van der Waals surface area contributed by atoms with Crippen molar-refractivity contribution in [1.29, 1.82) is 0 Å². The molecule has 0 saturated carbocycles. The van der Waals surface area contributed by atoms with Crippen molar-refractivity contribution in [2.75, 3.05) is 18.8 Å². The van der Waals surface area contributed by atoms with E-state index in [4.69, 9.17) is 15.6 Å². The van der Waals surface area contributed by atoms with Crippen LogP contribution in [-0.4, -0.2) is 27.9 Å². The number of nitrogens with two attached hydrogens (primary N) is 1. The molecule has 1 fully saturated rings. The number of aromatic nitrogens is 3. The molecule has 3 N–H and O–H groups in total. The summed E-state index contributed by atoms with van der Waals surface area (Å²) in [7, 11) is 0. The van der Waals surface area contributed by atoms with E-state index in [0.29, 0.717) is 11.6 Å². The smallest absolute Gasteiger partial charge is 0.166 e. The number of nitrogens with zero attached hydrogens (tertiary/aromatic N) is 3. The van der Waals surface area contributed by atoms with Gasteiger partial charge in [0.15, 0.2) is 11.6 Å². The van der Waals surface area contributed by atoms with Crippen LogP contribution in [0, 0.1) is 0 Å². The fourth-order valence-electron chi connectivity index (χ4n) is 4.45. The lowest BCUT2D eigenvalue weighted by molar-refractivity contribution is 0.227. The van der Waals surface area contributed by atoms with Crippen molar-refractivity contribution in [3.8, 4) is 17.0 Å². The SMILES string of the molecule is C[C@H](Oc1cc(-c2cc3n(n2)CCC32CCNC2)cnc1N)c1ccccc1.Cl. The van der Waals surface area contributed by atoms with E-state index in [1.54, 1.807) is 6.20 Å². The van der Waals surface area contributed by atoms with Crippen molar-refractivity contribution in [2.45, 2.75) is 37.8 Å². The average molecular weight is 412 g/mol. The second-order valence-corrected chi connectivity index (χ2v) is 7.87. The van der Waals surface area contributed by atoms with Crippen LogP contribution in [0.25, 0.3) is 11.3 Å². The standard InChI is InChI=1S/C22H25N5O.ClH/c1-15(16-5-3-2-4-6-16)28-19-11-17(13-25-21(19)23)18-12-20-22(7-9-24-14-22)8-10-27(20)26-18;/h2-6,11-13,15,24H,7-10,14H2,1H3,(H2,23,25);1H/t15-,22?;/m0./s1. The third-order valence-electron chi connectivity index (χ3n) is 6.12. The summed E-state index contributed by atoms with van der Waals surface area (Å²) in [4.78, 5) is 4.37. The van der Waals surface area contributed by atoms with Crippen molar-refractivity contribution in [1.82, 2.24) is 20.1 Å². The van der Waals surface area contributed by atoms with Crippen molar-refractivity contribution >= 4 is 18.2 Å². The van der Waals surface area contributed by atoms with E-state index in [2.05, 4.69) is 21.0 Å². The molecule has 1 aromatic carbocycles. The maximum Gasteiger partial charge on any atom is 0.166 e. The van der Waals surface area contributed by atoms with Gasteiger partial charge >= 0.3 is 0 Å². The number of hydrogen-bond donors (Lipinski definition) is 2. The number of anilines is 1. The Morgan fingerprint density at radius 3 is 2.79 bits per heavy atom. The van der Waals surface area contributed by atoms with E-state index in [9.17, 15) is 0 Å². The Kier molecular flexibility index (Phi) is 5.23. The summed E-state index contributed by atoms with van der Waals surface area (Å²) in [5.74, 6) is 0.994. The van der Waals surface area contributed by atoms with Crippen LogP contribution in [0.15, 0.2) is 48.7 Å². The molecular formula is C22H26ClN5O. The number of hydrogen-bond acceptors (Lipinski definition) is 5. The number of nitrogen functional groups attached to an aromatic ring is 1. The van der Waals surface area contributed by atoms with Crippen LogP contribution in [0.1, 0.15) is 37.1 Å². The van der Waals surface area contributed by atoms with E-state index in [-0.39, 0.29) is 23.9 Å². The number of benzene rings is 1. The molecule has 0 aliphatic carbocycles. The minimum absolute atomic E-state index is 0. The number of rotatable bonds is 4. The molecular weight excluding hydrogens is 386 g/mol. The number of aryl methyl sites for hydroxylation is 1. The Morgan fingerprint density at radius 2 is 2.03 bits per heavy atom. The lowest BCUT2D eigenvalue weighted by Crippen LogP contribution is -2.25. The van der Waals surface area contributed by atoms with E-state index in [0.717, 1.165) is 36.5 Å². The predicted molar refractivity (Wildman–Crippen MR) is 116 cm³/mol. The van der Waals surface area contributed by atoms with Crippen LogP contribution in [0.2, 0.25) is 0 Å². The van der Waals surface area contributed by atoms with Crippen LogP contribution >= 0.6 is 12.4 Å². The summed E-state index contributed by atoms with van der Waals surface area (Å²) in [6.07, 6.45) is 4.03. The molecule has 2 atom stereocenters. The van der Waals surface area contributed by atoms with E-state index < -0.39 is 0 Å². The van der Waals surface area contributed by atoms with Gasteiger partial charge in [-0.05, 0) is 44.0 Å². The molecule has 0 radical (unpaired) electrons. The fourth-order valence-corrected chi connectivity index (χ4v) is 4.45. The molecule has 0 bridgehead atoms. The van der Waals surface area contributed by atoms with Crippen molar-refractivity contribution in [2.24, 2.45) is 0 Å². The Labute approximate surface area is 176 Å². The summed E-state index contributed by atoms with van der Waals surface area (Å²) in [5, 5.41) is 8.35. The van der Waals surface area contributed by atoms with Gasteiger partial charge in [0.2, 0.25) is 0 Å². The highest BCUT2D eigenvalue weighted by Crippen LogP contribution is 2.41. The van der Waals surface area contributed by atoms with Gasteiger partial charge in [-0.2, -0.15) is 5.10 Å². The van der Waals surface area contributed by atoms with E-state index >= 15 is 0 Å². The molecule has 7 heteroatoms. The molecule has 2 aliphatic heterocycles. The summed E-state index contributed by atoms with van der Waals surface area (Å²) in [5.41, 5.74) is 10.6. The largest absolute Gasteiger partial charge is 0.482 e. The molecule has 1 spiro atoms. The van der Waals surface area contributed by atoms with Gasteiger partial charge in [-0.15, -0.1) is 12.4 Å². The van der Waals surface area contributed by atoms with Gasteiger partial charge in [0, 0.05) is 36.0 Å². The topological polar surface area (TPSA) is 78.0 Å². The number of ether oxygens (including phenoxy) is 1. The monoisotopic (exact) mass is 411 g/mol. The number of nitrogens with one attached hydrogen (secondary N) is 1. The zero-order chi connectivity index (χ0) is 19.1. The Bertz CT molecular complexity index is 998. The second-order valence-electron chi connectivity index (χ2n) is 7.87. The van der Waals surface area contributed by atoms with Gasteiger partial charge in [0.25, 0.3) is 0 Å². The van der Waals surface area contributed by atoms with Crippen LogP contribution < -0.4 is 15.8 Å². The van der Waals surface area contributed by atoms with Gasteiger partial charge in [-0.3, -0.25) is 4.68 Å². The van der Waals surface area contributed by atoms with Gasteiger partial charge in [0.1, 0.15) is 6.10 Å². The fraction of sp³-hybridized carbons (Fsp3) is 0.364. The number of halogens is 1. The Morgan fingerprint density at radius 1 is 1.21 bits per heavy atom. The quantitative estimate of drug-likeness (QED) is 0.684. The molecule has 0 amide bonds. The molecule has 29 heavy (non-hydrogen) atoms. The van der Waals surface area contributed by atoms with Gasteiger partial charge in [-0.25, -0.2) is 4.98 Å². The maximum atomic E-state index is 6.13. The van der Waals surface area contributed by atoms with Crippen LogP contribution in [-0.2, 0) is 12.0 Å². The highest BCUT2D eigenvalue weighted by Gasteiger charge is 2.42. The van der Waals surface area contributed by atoms with Crippen LogP contribution in [0.3, 0.4) is 0 Å².